The smallest absolute Gasteiger partial charge is 0.261 e. The van der Waals surface area contributed by atoms with Crippen LogP contribution in [0.1, 0.15) is 28.9 Å². The highest BCUT2D eigenvalue weighted by Gasteiger charge is 2.13. The summed E-state index contributed by atoms with van der Waals surface area (Å²) in [5.74, 6) is -0.241. The van der Waals surface area contributed by atoms with Gasteiger partial charge in [-0.1, -0.05) is 23.7 Å². The Kier molecular flexibility index (Phi) is 4.74. The van der Waals surface area contributed by atoms with Crippen molar-refractivity contribution in [3.8, 4) is 0 Å². The minimum atomic E-state index is -0.241. The summed E-state index contributed by atoms with van der Waals surface area (Å²) in [6.07, 6.45) is 0. The Balaban J connectivity index is 1.91. The highest BCUT2D eigenvalue weighted by molar-refractivity contribution is 7.71. The summed E-state index contributed by atoms with van der Waals surface area (Å²) in [5.41, 5.74) is 1.70. The minimum absolute atomic E-state index is 0.196. The summed E-state index contributed by atoms with van der Waals surface area (Å²) in [5, 5.41) is 4.02. The lowest BCUT2D eigenvalue weighted by molar-refractivity contribution is 0.0940. The van der Waals surface area contributed by atoms with Crippen LogP contribution < -0.4 is 10.9 Å². The van der Waals surface area contributed by atoms with Gasteiger partial charge < -0.3 is 10.3 Å². The van der Waals surface area contributed by atoms with Gasteiger partial charge in [-0.25, -0.2) is 0 Å². The average Bonchev–Trinajstić information content (AvgIpc) is 2.59. The van der Waals surface area contributed by atoms with Gasteiger partial charge in [-0.3, -0.25) is 14.2 Å². The number of benzene rings is 2. The van der Waals surface area contributed by atoms with Gasteiger partial charge in [-0.15, -0.1) is 0 Å². The van der Waals surface area contributed by atoms with Crippen LogP contribution in [0.15, 0.2) is 47.3 Å². The third kappa shape index (κ3) is 3.50. The highest BCUT2D eigenvalue weighted by atomic mass is 35.5. The normalized spacial score (nSPS) is 12.1. The number of carbonyl (C=O) groups is 1. The number of halogens is 1. The van der Waals surface area contributed by atoms with E-state index in [0.29, 0.717) is 26.3 Å². The molecule has 0 spiro atoms. The fraction of sp³-hybridized carbons (Fsp3) is 0.167. The number of nitrogens with zero attached hydrogens (tertiary/aromatic N) is 1. The second kappa shape index (κ2) is 6.82. The lowest BCUT2D eigenvalue weighted by Crippen LogP contribution is -2.27. The molecule has 0 radical (unpaired) electrons. The third-order valence-electron chi connectivity index (χ3n) is 4.06. The number of nitrogens with one attached hydrogen (secondary N) is 2. The van der Waals surface area contributed by atoms with E-state index in [1.807, 2.05) is 25.1 Å². The van der Waals surface area contributed by atoms with E-state index in [1.54, 1.807) is 31.3 Å². The number of carbonyl (C=O) groups excluding carboxylic acids is 1. The number of fused-ring (bicyclic) bond motifs is 1. The van der Waals surface area contributed by atoms with Crippen LogP contribution in [0.3, 0.4) is 0 Å². The average molecular weight is 374 g/mol. The molecule has 0 bridgehead atoms. The van der Waals surface area contributed by atoms with Crippen molar-refractivity contribution < 1.29 is 4.79 Å². The number of amides is 1. The van der Waals surface area contributed by atoms with Crippen LogP contribution in [0.4, 0.5) is 0 Å². The van der Waals surface area contributed by atoms with Crippen LogP contribution in [0.5, 0.6) is 0 Å². The van der Waals surface area contributed by atoms with Crippen LogP contribution in [0, 0.1) is 4.77 Å². The topological polar surface area (TPSA) is 66.9 Å². The number of aromatic nitrogens is 2. The minimum Gasteiger partial charge on any atom is -0.346 e. The molecule has 0 fully saturated rings. The quantitative estimate of drug-likeness (QED) is 0.687. The van der Waals surface area contributed by atoms with Gasteiger partial charge in [-0.2, -0.15) is 0 Å². The molecular formula is C18H16ClN3O2S. The zero-order valence-electron chi connectivity index (χ0n) is 13.7. The molecule has 25 heavy (non-hydrogen) atoms. The molecule has 0 unspecified atom stereocenters. The molecule has 0 aliphatic carbocycles. The summed E-state index contributed by atoms with van der Waals surface area (Å²) < 4.78 is 1.67. The Morgan fingerprint density at radius 3 is 2.76 bits per heavy atom. The lowest BCUT2D eigenvalue weighted by Gasteiger charge is -2.15. The molecule has 1 aromatic heterocycles. The predicted molar refractivity (Wildman–Crippen MR) is 102 cm³/mol. The molecular weight excluding hydrogens is 358 g/mol. The summed E-state index contributed by atoms with van der Waals surface area (Å²) in [7, 11) is 1.61. The molecule has 128 valence electrons. The molecule has 1 atom stereocenters. The van der Waals surface area contributed by atoms with E-state index in [0.717, 1.165) is 5.56 Å². The van der Waals surface area contributed by atoms with Crippen LogP contribution in [-0.2, 0) is 7.05 Å². The molecule has 0 saturated carbocycles. The SMILES string of the molecule is C[C@@H](NC(=O)c1ccc2c(=O)n(C)c(=S)[nH]c2c1)c1cccc(Cl)c1. The van der Waals surface area contributed by atoms with Crippen molar-refractivity contribution >= 4 is 40.6 Å². The van der Waals surface area contributed by atoms with E-state index < -0.39 is 0 Å². The maximum absolute atomic E-state index is 12.5. The number of hydrogen-bond acceptors (Lipinski definition) is 3. The highest BCUT2D eigenvalue weighted by Crippen LogP contribution is 2.18. The van der Waals surface area contributed by atoms with Gasteiger partial charge in [0.05, 0.1) is 16.9 Å². The Labute approximate surface area is 154 Å². The number of aromatic amines is 1. The van der Waals surface area contributed by atoms with E-state index in [1.165, 1.54) is 4.57 Å². The Morgan fingerprint density at radius 2 is 2.04 bits per heavy atom. The molecule has 0 aliphatic heterocycles. The first-order chi connectivity index (χ1) is 11.9. The largest absolute Gasteiger partial charge is 0.346 e. The van der Waals surface area contributed by atoms with E-state index in [4.69, 9.17) is 23.8 Å². The second-order valence-electron chi connectivity index (χ2n) is 5.80. The molecule has 2 aromatic carbocycles. The summed E-state index contributed by atoms with van der Waals surface area (Å²) in [6, 6.07) is 12.0. The van der Waals surface area contributed by atoms with Gasteiger partial charge in [-0.05, 0) is 55.0 Å². The van der Waals surface area contributed by atoms with Crippen molar-refractivity contribution in [3.63, 3.8) is 0 Å². The monoisotopic (exact) mass is 373 g/mol. The lowest BCUT2D eigenvalue weighted by atomic mass is 10.1. The second-order valence-corrected chi connectivity index (χ2v) is 6.63. The Morgan fingerprint density at radius 1 is 1.28 bits per heavy atom. The molecule has 3 rings (SSSR count). The standard InChI is InChI=1S/C18H16ClN3O2S/c1-10(11-4-3-5-13(19)8-11)20-16(23)12-6-7-14-15(9-12)21-18(25)22(2)17(14)24/h3-10H,1-2H3,(H,20,23)(H,21,25)/t10-/m1/s1. The van der Waals surface area contributed by atoms with Gasteiger partial charge in [0.2, 0.25) is 0 Å². The molecule has 0 saturated heterocycles. The van der Waals surface area contributed by atoms with Crippen molar-refractivity contribution in [2.24, 2.45) is 7.05 Å². The maximum Gasteiger partial charge on any atom is 0.261 e. The van der Waals surface area contributed by atoms with E-state index in [2.05, 4.69) is 10.3 Å². The van der Waals surface area contributed by atoms with E-state index >= 15 is 0 Å². The third-order valence-corrected chi connectivity index (χ3v) is 4.67. The first-order valence-corrected chi connectivity index (χ1v) is 8.45. The van der Waals surface area contributed by atoms with Crippen molar-refractivity contribution in [2.45, 2.75) is 13.0 Å². The molecule has 0 aliphatic rings. The zero-order chi connectivity index (χ0) is 18.1. The van der Waals surface area contributed by atoms with Crippen LogP contribution in [-0.4, -0.2) is 15.5 Å². The fourth-order valence-electron chi connectivity index (χ4n) is 2.59. The van der Waals surface area contributed by atoms with Crippen molar-refractivity contribution in [1.82, 2.24) is 14.9 Å². The first-order valence-electron chi connectivity index (χ1n) is 7.66. The molecule has 3 aromatic rings. The van der Waals surface area contributed by atoms with E-state index in [-0.39, 0.29) is 17.5 Å². The van der Waals surface area contributed by atoms with Gasteiger partial charge in [0.1, 0.15) is 0 Å². The van der Waals surface area contributed by atoms with Crippen molar-refractivity contribution in [2.75, 3.05) is 0 Å². The molecule has 1 heterocycles. The summed E-state index contributed by atoms with van der Waals surface area (Å²) in [4.78, 5) is 27.7. The van der Waals surface area contributed by atoms with Gasteiger partial charge >= 0.3 is 0 Å². The van der Waals surface area contributed by atoms with Gasteiger partial charge in [0.25, 0.3) is 11.5 Å². The Bertz CT molecular complexity index is 1090. The maximum atomic E-state index is 12.5. The summed E-state index contributed by atoms with van der Waals surface area (Å²) in [6.45, 7) is 1.88. The number of rotatable bonds is 3. The Hall–Kier alpha value is -2.44. The molecule has 2 N–H and O–H groups in total. The fourth-order valence-corrected chi connectivity index (χ4v) is 2.98. The molecule has 7 heteroatoms. The van der Waals surface area contributed by atoms with Crippen molar-refractivity contribution in [3.05, 3.63) is 73.7 Å². The van der Waals surface area contributed by atoms with Gasteiger partial charge in [0, 0.05) is 17.6 Å². The zero-order valence-corrected chi connectivity index (χ0v) is 15.2. The van der Waals surface area contributed by atoms with Crippen LogP contribution in [0.25, 0.3) is 10.9 Å². The number of H-pyrrole nitrogens is 1. The molecule has 5 nitrogen and oxygen atoms in total. The van der Waals surface area contributed by atoms with Crippen molar-refractivity contribution in [1.29, 1.82) is 0 Å². The summed E-state index contributed by atoms with van der Waals surface area (Å²) >= 11 is 11.1. The first kappa shape index (κ1) is 17.4. The number of hydrogen-bond donors (Lipinski definition) is 2. The van der Waals surface area contributed by atoms with E-state index in [9.17, 15) is 9.59 Å². The predicted octanol–water partition coefficient (Wildman–Crippen LogP) is 3.74. The van der Waals surface area contributed by atoms with Gasteiger partial charge in [0.15, 0.2) is 4.77 Å². The van der Waals surface area contributed by atoms with Crippen LogP contribution in [0.2, 0.25) is 5.02 Å². The van der Waals surface area contributed by atoms with Crippen LogP contribution >= 0.6 is 23.8 Å². The molecule has 1 amide bonds.